The molecule has 0 saturated carbocycles. The number of carbonyl (C=O) groups is 2. The van der Waals surface area contributed by atoms with E-state index < -0.39 is 11.9 Å². The van der Waals surface area contributed by atoms with Gasteiger partial charge in [-0.2, -0.15) is 35.0 Å². The summed E-state index contributed by atoms with van der Waals surface area (Å²) in [6.07, 6.45) is 2.05. The standard InChI is InChI=1S/2C9H7.2C4H8O2.Ti/c2*1-2-5-9-7-3-6-8(9)4-1;2*1-2-3-4(5)6;/h2*1-7H;2*2-3H2,1H3,(H,5,6);/q2*-1;;;+2. The van der Waals surface area contributed by atoms with Gasteiger partial charge in [-0.1, -0.05) is 26.0 Å². The Morgan fingerprint density at radius 3 is 1.29 bits per heavy atom. The Bertz CT molecular complexity index is 858. The Hall–Kier alpha value is -2.69. The van der Waals surface area contributed by atoms with Crippen molar-refractivity contribution in [2.24, 2.45) is 0 Å². The van der Waals surface area contributed by atoms with E-state index in [1.165, 1.54) is 21.5 Å². The maximum Gasteiger partial charge on any atom is 2.00 e. The predicted octanol–water partition coefficient (Wildman–Crippen LogP) is 6.86. The van der Waals surface area contributed by atoms with Gasteiger partial charge in [0.25, 0.3) is 0 Å². The second kappa shape index (κ2) is 17.0. The number of hydrogen-bond acceptors (Lipinski definition) is 2. The van der Waals surface area contributed by atoms with Crippen LogP contribution in [0.2, 0.25) is 0 Å². The van der Waals surface area contributed by atoms with Crippen molar-refractivity contribution in [3.05, 3.63) is 84.9 Å². The average Bonchev–Trinajstić information content (AvgIpc) is 3.38. The molecule has 4 rings (SSSR count). The first-order valence-corrected chi connectivity index (χ1v) is 10.1. The third kappa shape index (κ3) is 12.6. The van der Waals surface area contributed by atoms with Crippen molar-refractivity contribution in [3.63, 3.8) is 0 Å². The molecule has 4 nitrogen and oxygen atoms in total. The number of rotatable bonds is 4. The molecule has 0 amide bonds. The molecule has 0 aliphatic carbocycles. The van der Waals surface area contributed by atoms with Crippen LogP contribution in [0.1, 0.15) is 39.5 Å². The summed E-state index contributed by atoms with van der Waals surface area (Å²) in [5.74, 6) is -1.42. The van der Waals surface area contributed by atoms with Crippen LogP contribution in [0.25, 0.3) is 21.5 Å². The van der Waals surface area contributed by atoms with Crippen LogP contribution in [-0.2, 0) is 31.3 Å². The van der Waals surface area contributed by atoms with Crippen LogP contribution < -0.4 is 0 Å². The van der Waals surface area contributed by atoms with E-state index >= 15 is 0 Å². The minimum absolute atomic E-state index is 0. The van der Waals surface area contributed by atoms with Gasteiger partial charge in [0.1, 0.15) is 0 Å². The summed E-state index contributed by atoms with van der Waals surface area (Å²) in [5.41, 5.74) is 0. The predicted molar refractivity (Wildman–Crippen MR) is 124 cm³/mol. The van der Waals surface area contributed by atoms with Crippen molar-refractivity contribution in [2.75, 3.05) is 0 Å². The number of fused-ring (bicyclic) bond motifs is 2. The number of hydrogen-bond donors (Lipinski definition) is 2. The van der Waals surface area contributed by atoms with E-state index in [1.807, 2.05) is 13.8 Å². The number of carboxylic acids is 2. The maximum atomic E-state index is 9.60. The Kier molecular flexibility index (Phi) is 15.6. The quantitative estimate of drug-likeness (QED) is 0.261. The van der Waals surface area contributed by atoms with E-state index in [2.05, 4.69) is 84.9 Å². The van der Waals surface area contributed by atoms with Gasteiger partial charge in [0, 0.05) is 12.8 Å². The van der Waals surface area contributed by atoms with E-state index in [1.54, 1.807) is 0 Å². The smallest absolute Gasteiger partial charge is 0.481 e. The van der Waals surface area contributed by atoms with Gasteiger partial charge >= 0.3 is 33.7 Å². The molecule has 0 unspecified atom stereocenters. The largest absolute Gasteiger partial charge is 2.00 e. The zero-order valence-electron chi connectivity index (χ0n) is 18.1. The summed E-state index contributed by atoms with van der Waals surface area (Å²) < 4.78 is 0. The van der Waals surface area contributed by atoms with Gasteiger partial charge < -0.3 is 10.2 Å². The topological polar surface area (TPSA) is 74.6 Å². The molecule has 0 aliphatic rings. The Labute approximate surface area is 199 Å². The van der Waals surface area contributed by atoms with Gasteiger partial charge in [-0.3, -0.25) is 9.59 Å². The summed E-state index contributed by atoms with van der Waals surface area (Å²) >= 11 is 0. The fraction of sp³-hybridized carbons (Fsp3) is 0.231. The van der Waals surface area contributed by atoms with E-state index in [-0.39, 0.29) is 21.7 Å². The van der Waals surface area contributed by atoms with Crippen LogP contribution in [0.3, 0.4) is 0 Å². The monoisotopic (exact) mass is 454 g/mol. The summed E-state index contributed by atoms with van der Waals surface area (Å²) in [5, 5.41) is 21.2. The summed E-state index contributed by atoms with van der Waals surface area (Å²) in [6.45, 7) is 3.68. The van der Waals surface area contributed by atoms with Crippen LogP contribution in [0, 0.1) is 0 Å². The molecular formula is C26H30O4Ti. The molecule has 0 heterocycles. The molecule has 5 heteroatoms. The van der Waals surface area contributed by atoms with Crippen LogP contribution in [0.4, 0.5) is 0 Å². The van der Waals surface area contributed by atoms with Crippen molar-refractivity contribution in [1.82, 2.24) is 0 Å². The van der Waals surface area contributed by atoms with Crippen molar-refractivity contribution in [2.45, 2.75) is 39.5 Å². The van der Waals surface area contributed by atoms with Gasteiger partial charge in [-0.15, -0.1) is 59.3 Å². The average molecular weight is 454 g/mol. The molecule has 0 spiro atoms. The second-order valence-corrected chi connectivity index (χ2v) is 6.60. The summed E-state index contributed by atoms with van der Waals surface area (Å²) in [6, 6.07) is 29.3. The first kappa shape index (κ1) is 28.3. The van der Waals surface area contributed by atoms with E-state index in [4.69, 9.17) is 10.2 Å². The fourth-order valence-corrected chi connectivity index (χ4v) is 2.57. The first-order valence-electron chi connectivity index (χ1n) is 10.1. The molecule has 0 radical (unpaired) electrons. The Balaban J connectivity index is 0.000000393. The molecule has 4 aromatic carbocycles. The molecule has 31 heavy (non-hydrogen) atoms. The molecule has 0 bridgehead atoms. The molecule has 162 valence electrons. The third-order valence-electron chi connectivity index (χ3n) is 4.02. The van der Waals surface area contributed by atoms with Gasteiger partial charge in [0.15, 0.2) is 0 Å². The number of benzene rings is 2. The molecule has 0 fully saturated rings. The Morgan fingerprint density at radius 1 is 0.677 bits per heavy atom. The Morgan fingerprint density at radius 2 is 1.03 bits per heavy atom. The van der Waals surface area contributed by atoms with Gasteiger partial charge in [0.2, 0.25) is 0 Å². The molecule has 0 aliphatic heterocycles. The minimum atomic E-state index is -0.711. The molecule has 4 aromatic rings. The van der Waals surface area contributed by atoms with E-state index in [9.17, 15) is 9.59 Å². The molecular weight excluding hydrogens is 424 g/mol. The van der Waals surface area contributed by atoms with Gasteiger partial charge in [-0.05, 0) is 12.8 Å². The summed E-state index contributed by atoms with van der Waals surface area (Å²) in [4.78, 5) is 19.2. The van der Waals surface area contributed by atoms with Gasteiger partial charge in [-0.25, -0.2) is 0 Å². The molecule has 0 saturated heterocycles. The van der Waals surface area contributed by atoms with E-state index in [0.29, 0.717) is 12.8 Å². The third-order valence-corrected chi connectivity index (χ3v) is 4.02. The van der Waals surface area contributed by atoms with Crippen molar-refractivity contribution < 1.29 is 41.5 Å². The zero-order chi connectivity index (χ0) is 22.2. The number of carboxylic acid groups (broad SMARTS) is 2. The summed E-state index contributed by atoms with van der Waals surface area (Å²) in [7, 11) is 0. The first-order chi connectivity index (χ1) is 14.5. The van der Waals surface area contributed by atoms with E-state index in [0.717, 1.165) is 12.8 Å². The van der Waals surface area contributed by atoms with Crippen molar-refractivity contribution in [3.8, 4) is 0 Å². The second-order valence-electron chi connectivity index (χ2n) is 6.60. The van der Waals surface area contributed by atoms with Gasteiger partial charge in [0.05, 0.1) is 0 Å². The SMILES string of the molecule is CCCC(=O)O.CCCC(=O)O.[Ti+2].c1ccc2[cH-]ccc2c1.c1ccc2[cH-]ccc2c1. The molecule has 0 aromatic heterocycles. The van der Waals surface area contributed by atoms with Crippen LogP contribution in [-0.4, -0.2) is 22.2 Å². The molecule has 2 N–H and O–H groups in total. The minimum Gasteiger partial charge on any atom is -0.481 e. The van der Waals surface area contributed by atoms with Crippen LogP contribution in [0.15, 0.2) is 84.9 Å². The van der Waals surface area contributed by atoms with Crippen LogP contribution in [0.5, 0.6) is 0 Å². The fourth-order valence-electron chi connectivity index (χ4n) is 2.57. The normalized spacial score (nSPS) is 9.10. The van der Waals surface area contributed by atoms with Crippen LogP contribution >= 0.6 is 0 Å². The number of aliphatic carboxylic acids is 2. The molecule has 0 atom stereocenters. The zero-order valence-corrected chi connectivity index (χ0v) is 19.7. The maximum absolute atomic E-state index is 9.60. The van der Waals surface area contributed by atoms with Crippen molar-refractivity contribution in [1.29, 1.82) is 0 Å². The van der Waals surface area contributed by atoms with Crippen molar-refractivity contribution >= 4 is 33.5 Å².